The second-order valence-corrected chi connectivity index (χ2v) is 4.93. The van der Waals surface area contributed by atoms with Crippen molar-refractivity contribution < 1.29 is 61.5 Å². The first kappa shape index (κ1) is 21.3. The molecule has 0 saturated carbocycles. The molecule has 0 radical (unpaired) electrons. The van der Waals surface area contributed by atoms with E-state index in [0.717, 1.165) is 0 Å². The molecule has 0 rings (SSSR count). The summed E-state index contributed by atoms with van der Waals surface area (Å²) >= 11 is 0. The first-order chi connectivity index (χ1) is 8.33. The van der Waals surface area contributed by atoms with Crippen LogP contribution in [0, 0.1) is 0 Å². The number of hydrogen-bond donors (Lipinski definition) is 0. The molecular formula is C10H17NaO7S. The molecule has 0 N–H and O–H groups in total. The topological polar surface area (TPSA) is 102 Å². The van der Waals surface area contributed by atoms with E-state index in [-0.39, 0.29) is 62.6 Å². The third kappa shape index (κ3) is 16.0. The SMILES string of the molecule is C=C(C)C(=O)OCCOCCOCCS(=O)(=O)[O-].[Na+]. The summed E-state index contributed by atoms with van der Waals surface area (Å²) in [5.74, 6) is -1.03. The zero-order valence-corrected chi connectivity index (χ0v) is 14.0. The van der Waals surface area contributed by atoms with Crippen LogP contribution < -0.4 is 29.6 Å². The van der Waals surface area contributed by atoms with Gasteiger partial charge in [0.1, 0.15) is 6.61 Å². The second kappa shape index (κ2) is 11.8. The largest absolute Gasteiger partial charge is 1.00 e. The quantitative estimate of drug-likeness (QED) is 0.137. The van der Waals surface area contributed by atoms with Gasteiger partial charge in [-0.05, 0) is 6.92 Å². The van der Waals surface area contributed by atoms with Crippen molar-refractivity contribution in [1.82, 2.24) is 0 Å². The molecule has 0 amide bonds. The van der Waals surface area contributed by atoms with Gasteiger partial charge in [0.25, 0.3) is 0 Å². The van der Waals surface area contributed by atoms with Crippen molar-refractivity contribution in [3.8, 4) is 0 Å². The van der Waals surface area contributed by atoms with Crippen LogP contribution in [-0.2, 0) is 29.1 Å². The minimum atomic E-state index is -4.22. The van der Waals surface area contributed by atoms with Crippen molar-refractivity contribution in [2.75, 3.05) is 38.8 Å². The summed E-state index contributed by atoms with van der Waals surface area (Å²) in [6.45, 7) is 5.52. The maximum absolute atomic E-state index is 10.9. The summed E-state index contributed by atoms with van der Waals surface area (Å²) in [6, 6.07) is 0. The number of hydrogen-bond acceptors (Lipinski definition) is 7. The molecule has 0 aliphatic carbocycles. The molecule has 9 heteroatoms. The van der Waals surface area contributed by atoms with E-state index < -0.39 is 21.8 Å². The monoisotopic (exact) mass is 304 g/mol. The van der Waals surface area contributed by atoms with E-state index in [1.54, 1.807) is 6.92 Å². The average molecular weight is 304 g/mol. The molecule has 0 bridgehead atoms. The molecule has 0 aromatic carbocycles. The number of ether oxygens (including phenoxy) is 3. The van der Waals surface area contributed by atoms with Crippen LogP contribution in [0.3, 0.4) is 0 Å². The molecule has 19 heavy (non-hydrogen) atoms. The molecule has 0 fully saturated rings. The number of rotatable bonds is 10. The van der Waals surface area contributed by atoms with Crippen molar-refractivity contribution in [2.24, 2.45) is 0 Å². The number of carbonyl (C=O) groups excluding carboxylic acids is 1. The molecule has 0 spiro atoms. The molecule has 0 aromatic rings. The predicted molar refractivity (Wildman–Crippen MR) is 62.0 cm³/mol. The van der Waals surface area contributed by atoms with Crippen LogP contribution in [0.25, 0.3) is 0 Å². The fourth-order valence-electron chi connectivity index (χ4n) is 0.799. The van der Waals surface area contributed by atoms with E-state index in [2.05, 4.69) is 6.58 Å². The molecule has 0 aliphatic heterocycles. The fourth-order valence-corrected chi connectivity index (χ4v) is 1.12. The number of esters is 1. The Morgan fingerprint density at radius 2 is 1.58 bits per heavy atom. The van der Waals surface area contributed by atoms with Gasteiger partial charge in [0.15, 0.2) is 0 Å². The summed E-state index contributed by atoms with van der Waals surface area (Å²) in [6.07, 6.45) is 0. The first-order valence-electron chi connectivity index (χ1n) is 5.24. The number of carbonyl (C=O) groups is 1. The van der Waals surface area contributed by atoms with Gasteiger partial charge in [-0.15, -0.1) is 0 Å². The Balaban J connectivity index is 0. The van der Waals surface area contributed by atoms with Gasteiger partial charge in [-0.1, -0.05) is 6.58 Å². The zero-order valence-electron chi connectivity index (χ0n) is 11.2. The molecule has 0 atom stereocenters. The van der Waals surface area contributed by atoms with Crippen molar-refractivity contribution in [2.45, 2.75) is 6.92 Å². The Bertz CT molecular complexity index is 366. The average Bonchev–Trinajstić information content (AvgIpc) is 2.24. The van der Waals surface area contributed by atoms with E-state index in [0.29, 0.717) is 5.57 Å². The van der Waals surface area contributed by atoms with Gasteiger partial charge in [-0.2, -0.15) is 0 Å². The summed E-state index contributed by atoms with van der Waals surface area (Å²) in [5.41, 5.74) is 0.317. The van der Waals surface area contributed by atoms with Crippen LogP contribution in [-0.4, -0.2) is 57.7 Å². The third-order valence-electron chi connectivity index (χ3n) is 1.66. The third-order valence-corrected chi connectivity index (χ3v) is 2.33. The molecule has 0 aromatic heterocycles. The van der Waals surface area contributed by atoms with Gasteiger partial charge >= 0.3 is 35.5 Å². The molecule has 0 heterocycles. The van der Waals surface area contributed by atoms with Crippen molar-refractivity contribution in [1.29, 1.82) is 0 Å². The molecule has 0 aliphatic rings. The minimum Gasteiger partial charge on any atom is -0.748 e. The molecule has 7 nitrogen and oxygen atoms in total. The molecule has 106 valence electrons. The maximum atomic E-state index is 10.9. The standard InChI is InChI=1S/C10H18O7S.Na/c1-9(2)10(11)17-6-5-15-3-4-16-7-8-18(12,13)14;/h1,3-8H2,2H3,(H,12,13,14);/q;+1/p-1. The van der Waals surface area contributed by atoms with Crippen LogP contribution >= 0.6 is 0 Å². The first-order valence-corrected chi connectivity index (χ1v) is 6.82. The summed E-state index contributed by atoms with van der Waals surface area (Å²) in [5, 5.41) is 0. The summed E-state index contributed by atoms with van der Waals surface area (Å²) in [7, 11) is -4.22. The van der Waals surface area contributed by atoms with E-state index >= 15 is 0 Å². The molecular weight excluding hydrogens is 287 g/mol. The molecule has 0 saturated heterocycles. The van der Waals surface area contributed by atoms with Gasteiger partial charge in [-0.3, -0.25) is 0 Å². The van der Waals surface area contributed by atoms with E-state index in [1.807, 2.05) is 0 Å². The van der Waals surface area contributed by atoms with Gasteiger partial charge < -0.3 is 18.8 Å². The van der Waals surface area contributed by atoms with Crippen LogP contribution in [0.2, 0.25) is 0 Å². The van der Waals surface area contributed by atoms with Gasteiger partial charge in [0.2, 0.25) is 0 Å². The van der Waals surface area contributed by atoms with E-state index in [9.17, 15) is 17.8 Å². The Morgan fingerprint density at radius 1 is 1.11 bits per heavy atom. The second-order valence-electron chi connectivity index (χ2n) is 3.40. The Labute approximate surface area is 135 Å². The van der Waals surface area contributed by atoms with Crippen molar-refractivity contribution in [3.05, 3.63) is 12.2 Å². The predicted octanol–water partition coefficient (Wildman–Crippen LogP) is -3.31. The fraction of sp³-hybridized carbons (Fsp3) is 0.700. The van der Waals surface area contributed by atoms with Crippen LogP contribution in [0.15, 0.2) is 12.2 Å². The van der Waals surface area contributed by atoms with Gasteiger partial charge in [0.05, 0.1) is 42.3 Å². The van der Waals surface area contributed by atoms with Gasteiger partial charge in [-0.25, -0.2) is 13.2 Å². The van der Waals surface area contributed by atoms with Crippen LogP contribution in [0.5, 0.6) is 0 Å². The van der Waals surface area contributed by atoms with E-state index in [4.69, 9.17) is 14.2 Å². The Morgan fingerprint density at radius 3 is 2.05 bits per heavy atom. The zero-order chi connectivity index (χ0) is 14.0. The normalized spacial score (nSPS) is 10.6. The Kier molecular flexibility index (Phi) is 13.3. The van der Waals surface area contributed by atoms with Crippen molar-refractivity contribution in [3.63, 3.8) is 0 Å². The van der Waals surface area contributed by atoms with Crippen LogP contribution in [0.1, 0.15) is 6.92 Å². The van der Waals surface area contributed by atoms with E-state index in [1.165, 1.54) is 0 Å². The minimum absolute atomic E-state index is 0. The van der Waals surface area contributed by atoms with Crippen molar-refractivity contribution >= 4 is 16.1 Å². The van der Waals surface area contributed by atoms with Crippen LogP contribution in [0.4, 0.5) is 0 Å². The smallest absolute Gasteiger partial charge is 0.748 e. The molecule has 0 unspecified atom stereocenters. The maximum Gasteiger partial charge on any atom is 1.00 e. The van der Waals surface area contributed by atoms with Gasteiger partial charge in [0, 0.05) is 5.57 Å². The Hall–Kier alpha value is 0.0400. The summed E-state index contributed by atoms with van der Waals surface area (Å²) < 4.78 is 45.2. The summed E-state index contributed by atoms with van der Waals surface area (Å²) in [4.78, 5) is 10.9.